The first-order chi connectivity index (χ1) is 12.1. The molecule has 4 rings (SSSR count). The number of halogens is 1. The second-order valence-corrected chi connectivity index (χ2v) is 6.09. The number of benzene rings is 1. The average Bonchev–Trinajstić information content (AvgIpc) is 3.19. The lowest BCUT2D eigenvalue weighted by molar-refractivity contribution is 0.0992. The van der Waals surface area contributed by atoms with E-state index < -0.39 is 0 Å². The third-order valence-electron chi connectivity index (χ3n) is 3.91. The molecule has 4 aromatic rings. The van der Waals surface area contributed by atoms with Crippen molar-refractivity contribution in [3.8, 4) is 5.69 Å². The quantitative estimate of drug-likeness (QED) is 0.529. The number of hydrogen-bond donors (Lipinski definition) is 0. The molecule has 0 aliphatic carbocycles. The number of ketones is 1. The van der Waals surface area contributed by atoms with Crippen molar-refractivity contribution >= 4 is 23.0 Å². The Morgan fingerprint density at radius 2 is 2.08 bits per heavy atom. The van der Waals surface area contributed by atoms with E-state index in [9.17, 15) is 4.79 Å². The molecule has 25 heavy (non-hydrogen) atoms. The van der Waals surface area contributed by atoms with Gasteiger partial charge in [-0.25, -0.2) is 14.2 Å². The van der Waals surface area contributed by atoms with Gasteiger partial charge in [0.15, 0.2) is 11.4 Å². The Morgan fingerprint density at radius 3 is 2.92 bits per heavy atom. The first-order valence-electron chi connectivity index (χ1n) is 7.75. The molecule has 3 aromatic heterocycles. The summed E-state index contributed by atoms with van der Waals surface area (Å²) in [7, 11) is 0. The van der Waals surface area contributed by atoms with E-state index in [1.165, 1.54) is 0 Å². The van der Waals surface area contributed by atoms with Crippen molar-refractivity contribution in [2.24, 2.45) is 0 Å². The van der Waals surface area contributed by atoms with Crippen LogP contribution >= 0.6 is 11.6 Å². The van der Waals surface area contributed by atoms with Gasteiger partial charge >= 0.3 is 0 Å². The van der Waals surface area contributed by atoms with Gasteiger partial charge in [0.2, 0.25) is 0 Å². The summed E-state index contributed by atoms with van der Waals surface area (Å²) in [5.74, 6) is -0.0677. The van der Waals surface area contributed by atoms with Crippen LogP contribution in [0.4, 0.5) is 0 Å². The Labute approximate surface area is 148 Å². The molecule has 3 heterocycles. The highest BCUT2D eigenvalue weighted by molar-refractivity contribution is 6.32. The van der Waals surface area contributed by atoms with Gasteiger partial charge < -0.3 is 0 Å². The second kappa shape index (κ2) is 6.14. The summed E-state index contributed by atoms with van der Waals surface area (Å²) in [6.45, 7) is 1.89. The van der Waals surface area contributed by atoms with Crippen LogP contribution in [-0.2, 0) is 6.42 Å². The first kappa shape index (κ1) is 15.5. The maximum atomic E-state index is 12.8. The largest absolute Gasteiger partial charge is 0.294 e. The lowest BCUT2D eigenvalue weighted by Crippen LogP contribution is -2.10. The van der Waals surface area contributed by atoms with Gasteiger partial charge in [0, 0.05) is 12.4 Å². The lowest BCUT2D eigenvalue weighted by Gasteiger charge is -2.08. The molecule has 0 bridgehead atoms. The Kier molecular flexibility index (Phi) is 3.82. The molecule has 1 aromatic carbocycles. The van der Waals surface area contributed by atoms with Crippen LogP contribution in [0.2, 0.25) is 5.02 Å². The van der Waals surface area contributed by atoms with E-state index in [-0.39, 0.29) is 12.2 Å². The van der Waals surface area contributed by atoms with Gasteiger partial charge in [-0.1, -0.05) is 23.7 Å². The average molecular weight is 352 g/mol. The van der Waals surface area contributed by atoms with Gasteiger partial charge in [-0.15, -0.1) is 0 Å². The number of carbonyl (C=O) groups excluding carboxylic acids is 1. The summed E-state index contributed by atoms with van der Waals surface area (Å²) in [6, 6.07) is 11.1. The summed E-state index contributed by atoms with van der Waals surface area (Å²) in [5.41, 5.74) is 3.38. The number of rotatable bonds is 4. The van der Waals surface area contributed by atoms with Gasteiger partial charge in [0.05, 0.1) is 40.3 Å². The number of nitrogens with zero attached hydrogens (tertiary/aromatic N) is 5. The Bertz CT molecular complexity index is 1080. The van der Waals surface area contributed by atoms with E-state index in [0.29, 0.717) is 16.2 Å². The van der Waals surface area contributed by atoms with Crippen molar-refractivity contribution in [3.05, 3.63) is 77.0 Å². The fraction of sp³-hybridized carbons (Fsp3) is 0.111. The molecule has 0 radical (unpaired) electrons. The molecule has 0 saturated carbocycles. The van der Waals surface area contributed by atoms with Crippen molar-refractivity contribution in [1.29, 1.82) is 0 Å². The van der Waals surface area contributed by atoms with Crippen LogP contribution in [0.15, 0.2) is 55.0 Å². The smallest absolute Gasteiger partial charge is 0.174 e. The van der Waals surface area contributed by atoms with Gasteiger partial charge in [0.25, 0.3) is 0 Å². The lowest BCUT2D eigenvalue weighted by atomic mass is 10.1. The van der Waals surface area contributed by atoms with Crippen LogP contribution in [0.3, 0.4) is 0 Å². The normalized spacial score (nSPS) is 11.1. The van der Waals surface area contributed by atoms with Gasteiger partial charge in [-0.05, 0) is 31.2 Å². The van der Waals surface area contributed by atoms with Crippen molar-refractivity contribution in [3.63, 3.8) is 0 Å². The molecule has 124 valence electrons. The zero-order valence-electron chi connectivity index (χ0n) is 13.4. The number of aromatic nitrogens is 5. The maximum Gasteiger partial charge on any atom is 0.174 e. The highest BCUT2D eigenvalue weighted by Crippen LogP contribution is 2.22. The van der Waals surface area contributed by atoms with E-state index >= 15 is 0 Å². The van der Waals surface area contributed by atoms with E-state index in [4.69, 9.17) is 11.6 Å². The fourth-order valence-corrected chi connectivity index (χ4v) is 3.01. The van der Waals surface area contributed by atoms with Crippen molar-refractivity contribution in [2.75, 3.05) is 0 Å². The number of carbonyl (C=O) groups is 1. The predicted octanol–water partition coefficient (Wildman–Crippen LogP) is 3.30. The molecule has 0 saturated heterocycles. The Hall–Kier alpha value is -2.99. The van der Waals surface area contributed by atoms with Gasteiger partial charge in [-0.2, -0.15) is 10.2 Å². The van der Waals surface area contributed by atoms with Crippen LogP contribution in [0, 0.1) is 6.92 Å². The molecule has 0 aliphatic rings. The van der Waals surface area contributed by atoms with E-state index in [1.54, 1.807) is 39.9 Å². The molecule has 0 amide bonds. The number of hydrogen-bond acceptors (Lipinski definition) is 4. The standard InChI is InChI=1S/C18H14ClN5O/c1-12-9-13(24(22-12)16-6-3-2-5-15(16)19)10-17(25)14-11-21-23-8-4-7-20-18(14)23/h2-9,11H,10H2,1H3. The number of para-hydroxylation sites is 1. The van der Waals surface area contributed by atoms with Gasteiger partial charge in [0.1, 0.15) is 0 Å². The molecular weight excluding hydrogens is 338 g/mol. The van der Waals surface area contributed by atoms with Crippen molar-refractivity contribution < 1.29 is 4.79 Å². The molecule has 0 fully saturated rings. The number of fused-ring (bicyclic) bond motifs is 1. The molecule has 6 nitrogen and oxygen atoms in total. The maximum absolute atomic E-state index is 12.8. The van der Waals surface area contributed by atoms with Crippen molar-refractivity contribution in [2.45, 2.75) is 13.3 Å². The zero-order valence-corrected chi connectivity index (χ0v) is 14.2. The minimum atomic E-state index is -0.0677. The summed E-state index contributed by atoms with van der Waals surface area (Å²) in [5, 5.41) is 9.23. The molecule has 0 aliphatic heterocycles. The number of Topliss-reactive ketones (excluding diaryl/α,β-unsaturated/α-hetero) is 1. The van der Waals surface area contributed by atoms with Crippen LogP contribution < -0.4 is 0 Å². The molecule has 7 heteroatoms. The minimum absolute atomic E-state index is 0.0677. The summed E-state index contributed by atoms with van der Waals surface area (Å²) >= 11 is 6.29. The number of aryl methyl sites for hydroxylation is 1. The summed E-state index contributed by atoms with van der Waals surface area (Å²) in [4.78, 5) is 17.0. The van der Waals surface area contributed by atoms with Crippen LogP contribution in [0.25, 0.3) is 11.3 Å². The Morgan fingerprint density at radius 1 is 1.24 bits per heavy atom. The fourth-order valence-electron chi connectivity index (χ4n) is 2.79. The van der Waals surface area contributed by atoms with Crippen molar-refractivity contribution in [1.82, 2.24) is 24.4 Å². The monoisotopic (exact) mass is 351 g/mol. The third-order valence-corrected chi connectivity index (χ3v) is 4.23. The third kappa shape index (κ3) is 2.81. The first-order valence-corrected chi connectivity index (χ1v) is 8.13. The SMILES string of the molecule is Cc1cc(CC(=O)c2cnn3cccnc23)n(-c2ccccc2Cl)n1. The topological polar surface area (TPSA) is 65.1 Å². The van der Waals surface area contributed by atoms with Crippen LogP contribution in [0.1, 0.15) is 21.7 Å². The van der Waals surface area contributed by atoms with Crippen LogP contribution in [-0.4, -0.2) is 30.2 Å². The van der Waals surface area contributed by atoms with E-state index in [2.05, 4.69) is 15.2 Å². The second-order valence-electron chi connectivity index (χ2n) is 5.69. The molecule has 0 spiro atoms. The van der Waals surface area contributed by atoms with Gasteiger partial charge in [-0.3, -0.25) is 4.79 Å². The van der Waals surface area contributed by atoms with E-state index in [1.807, 2.05) is 31.2 Å². The zero-order chi connectivity index (χ0) is 17.4. The predicted molar refractivity (Wildman–Crippen MR) is 94.3 cm³/mol. The molecule has 0 N–H and O–H groups in total. The summed E-state index contributed by atoms with van der Waals surface area (Å²) in [6.07, 6.45) is 5.14. The highest BCUT2D eigenvalue weighted by Gasteiger charge is 2.18. The van der Waals surface area contributed by atoms with E-state index in [0.717, 1.165) is 17.1 Å². The molecule has 0 unspecified atom stereocenters. The van der Waals surface area contributed by atoms with Crippen LogP contribution in [0.5, 0.6) is 0 Å². The minimum Gasteiger partial charge on any atom is -0.294 e. The highest BCUT2D eigenvalue weighted by atomic mass is 35.5. The molecular formula is C18H14ClN5O. The summed E-state index contributed by atoms with van der Waals surface area (Å²) < 4.78 is 3.30. The molecule has 0 atom stereocenters. The Balaban J connectivity index is 1.72.